The number of carbonyl (C=O) groups excluding carboxylic acids is 1. The van der Waals surface area contributed by atoms with Crippen LogP contribution in [0.1, 0.15) is 39.3 Å². The SMILES string of the molecule is C=CCCCOC(=O)[C@H](C)NP(=O)(OCC1OC(n2cnc3c(OCCC=C)nc(NC)nc32)[C@](C)(O)[C@@H]1O)Oc1ccccc1. The lowest BCUT2D eigenvalue weighted by Gasteiger charge is -2.27. The normalized spacial score (nSPS) is 22.9. The Morgan fingerprint density at radius 1 is 1.22 bits per heavy atom. The average molecular weight is 661 g/mol. The topological polar surface area (TPSA) is 188 Å². The van der Waals surface area contributed by atoms with Gasteiger partial charge in [0.15, 0.2) is 17.4 Å². The number of carbonyl (C=O) groups is 1. The van der Waals surface area contributed by atoms with Crippen molar-refractivity contribution in [1.29, 1.82) is 0 Å². The Morgan fingerprint density at radius 3 is 2.65 bits per heavy atom. The smallest absolute Gasteiger partial charge is 0.459 e. The Labute approximate surface area is 267 Å². The second-order valence-corrected chi connectivity index (χ2v) is 12.4. The summed E-state index contributed by atoms with van der Waals surface area (Å²) in [6.07, 6.45) is 2.75. The predicted molar refractivity (Wildman–Crippen MR) is 169 cm³/mol. The largest absolute Gasteiger partial charge is 0.476 e. The van der Waals surface area contributed by atoms with E-state index in [1.165, 1.54) is 24.7 Å². The van der Waals surface area contributed by atoms with Gasteiger partial charge in [-0.25, -0.2) is 9.55 Å². The maximum atomic E-state index is 14.0. The van der Waals surface area contributed by atoms with Crippen LogP contribution in [0.25, 0.3) is 11.2 Å². The molecular weight excluding hydrogens is 619 g/mol. The fraction of sp³-hybridized carbons (Fsp3) is 0.467. The molecule has 0 bridgehead atoms. The number of hydrogen-bond acceptors (Lipinski definition) is 13. The molecule has 4 rings (SSSR count). The molecule has 4 N–H and O–H groups in total. The highest BCUT2D eigenvalue weighted by atomic mass is 31.2. The van der Waals surface area contributed by atoms with Crippen LogP contribution in [0.5, 0.6) is 11.6 Å². The third-order valence-electron chi connectivity index (χ3n) is 7.06. The molecule has 2 aromatic heterocycles. The monoisotopic (exact) mass is 660 g/mol. The van der Waals surface area contributed by atoms with E-state index in [1.807, 2.05) is 0 Å². The highest BCUT2D eigenvalue weighted by molar-refractivity contribution is 7.52. The molecule has 3 heterocycles. The molecule has 1 aliphatic heterocycles. The molecule has 1 saturated heterocycles. The molecule has 6 atom stereocenters. The van der Waals surface area contributed by atoms with Gasteiger partial charge in [0.05, 0.1) is 26.1 Å². The third-order valence-corrected chi connectivity index (χ3v) is 8.70. The molecule has 15 nitrogen and oxygen atoms in total. The van der Waals surface area contributed by atoms with Gasteiger partial charge in [-0.1, -0.05) is 30.4 Å². The minimum Gasteiger partial charge on any atom is -0.476 e. The number of imidazole rings is 1. The minimum absolute atomic E-state index is 0.159. The summed E-state index contributed by atoms with van der Waals surface area (Å²) in [6.45, 7) is 10.1. The van der Waals surface area contributed by atoms with Crippen molar-refractivity contribution in [3.63, 3.8) is 0 Å². The summed E-state index contributed by atoms with van der Waals surface area (Å²) in [5.74, 6) is -0.00286. The number of allylic oxidation sites excluding steroid dienone is 1. The second kappa shape index (κ2) is 15.6. The van der Waals surface area contributed by atoms with Crippen LogP contribution in [0.15, 0.2) is 62.0 Å². The van der Waals surface area contributed by atoms with Crippen molar-refractivity contribution in [3.8, 4) is 11.6 Å². The number of unbranched alkanes of at least 4 members (excludes halogenated alkanes) is 1. The summed E-state index contributed by atoms with van der Waals surface area (Å²) in [4.78, 5) is 25.8. The van der Waals surface area contributed by atoms with Crippen molar-refractivity contribution >= 4 is 30.8 Å². The van der Waals surface area contributed by atoms with E-state index in [4.69, 9.17) is 23.3 Å². The van der Waals surface area contributed by atoms with Gasteiger partial charge in [0.1, 0.15) is 29.6 Å². The number of anilines is 1. The van der Waals surface area contributed by atoms with Crippen molar-refractivity contribution in [2.24, 2.45) is 0 Å². The van der Waals surface area contributed by atoms with E-state index < -0.39 is 50.4 Å². The predicted octanol–water partition coefficient (Wildman–Crippen LogP) is 3.52. The van der Waals surface area contributed by atoms with Gasteiger partial charge in [-0.3, -0.25) is 13.9 Å². The van der Waals surface area contributed by atoms with Crippen LogP contribution < -0.4 is 19.7 Å². The standard InChI is InChI=1S/C30H41N6O9P/c1-6-8-13-17-42-27(38)20(3)35-46(40,45-21-14-11-10-12-15-21)43-18-22-24(37)30(4,39)28(44-22)36-19-32-23-25(36)33-29(31-5)34-26(23)41-16-9-7-2/h6-7,10-12,14-15,19-20,22,24,28,37,39H,1-2,8-9,13,16-18H2,3-5H3,(H,35,40)(H,31,33,34)/t20-,22?,24+,28?,30+,46?/m0/s1. The maximum absolute atomic E-state index is 14.0. The van der Waals surface area contributed by atoms with E-state index in [2.05, 4.69) is 38.5 Å². The highest BCUT2D eigenvalue weighted by Gasteiger charge is 2.54. The number of ether oxygens (including phenoxy) is 3. The number of benzene rings is 1. The molecule has 3 aromatic rings. The van der Waals surface area contributed by atoms with Gasteiger partial charge in [0, 0.05) is 7.05 Å². The Hall–Kier alpha value is -3.85. The molecule has 250 valence electrons. The Morgan fingerprint density at radius 2 is 1.96 bits per heavy atom. The zero-order chi connectivity index (χ0) is 33.3. The number of nitrogens with zero attached hydrogens (tertiary/aromatic N) is 4. The number of rotatable bonds is 18. The van der Waals surface area contributed by atoms with Crippen molar-refractivity contribution < 1.29 is 42.8 Å². The van der Waals surface area contributed by atoms with Crippen LogP contribution in [-0.4, -0.2) is 86.4 Å². The van der Waals surface area contributed by atoms with Crippen molar-refractivity contribution in [2.75, 3.05) is 32.2 Å². The number of esters is 1. The molecule has 1 aliphatic rings. The average Bonchev–Trinajstić information content (AvgIpc) is 3.55. The van der Waals surface area contributed by atoms with Gasteiger partial charge in [0.2, 0.25) is 11.8 Å². The van der Waals surface area contributed by atoms with Gasteiger partial charge in [-0.05, 0) is 45.2 Å². The Balaban J connectivity index is 1.54. The van der Waals surface area contributed by atoms with E-state index >= 15 is 0 Å². The van der Waals surface area contributed by atoms with E-state index in [0.29, 0.717) is 31.4 Å². The number of aliphatic hydroxyl groups is 2. The summed E-state index contributed by atoms with van der Waals surface area (Å²) in [5.41, 5.74) is -1.30. The molecule has 1 fully saturated rings. The number of nitrogens with one attached hydrogen (secondary N) is 2. The van der Waals surface area contributed by atoms with E-state index in [-0.39, 0.29) is 29.8 Å². The zero-order valence-corrected chi connectivity index (χ0v) is 27.0. The zero-order valence-electron chi connectivity index (χ0n) is 26.1. The molecule has 0 radical (unpaired) electrons. The number of para-hydroxylation sites is 1. The van der Waals surface area contributed by atoms with Gasteiger partial charge in [0.25, 0.3) is 0 Å². The quantitative estimate of drug-likeness (QED) is 0.0671. The summed E-state index contributed by atoms with van der Waals surface area (Å²) in [5, 5.41) is 28.1. The number of aliphatic hydroxyl groups excluding tert-OH is 1. The van der Waals surface area contributed by atoms with Crippen molar-refractivity contribution in [3.05, 3.63) is 62.0 Å². The molecule has 0 aliphatic carbocycles. The molecule has 16 heteroatoms. The number of fused-ring (bicyclic) bond motifs is 1. The Kier molecular flexibility index (Phi) is 11.9. The van der Waals surface area contributed by atoms with Crippen LogP contribution in [0, 0.1) is 0 Å². The third kappa shape index (κ3) is 8.29. The number of hydrogen-bond donors (Lipinski definition) is 4. The molecule has 46 heavy (non-hydrogen) atoms. The van der Waals surface area contributed by atoms with Gasteiger partial charge in [-0.2, -0.15) is 15.1 Å². The molecule has 0 saturated carbocycles. The first-order valence-electron chi connectivity index (χ1n) is 14.8. The molecule has 0 amide bonds. The lowest BCUT2D eigenvalue weighted by Crippen LogP contribution is -2.44. The van der Waals surface area contributed by atoms with Crippen LogP contribution >= 0.6 is 7.75 Å². The lowest BCUT2D eigenvalue weighted by atomic mass is 9.96. The molecule has 0 spiro atoms. The first-order chi connectivity index (χ1) is 22.0. The number of aromatic nitrogens is 4. The van der Waals surface area contributed by atoms with Crippen molar-refractivity contribution in [1.82, 2.24) is 24.6 Å². The summed E-state index contributed by atoms with van der Waals surface area (Å²) in [6, 6.07) is 7.16. The van der Waals surface area contributed by atoms with Crippen molar-refractivity contribution in [2.45, 2.75) is 63.2 Å². The highest BCUT2D eigenvalue weighted by Crippen LogP contribution is 2.47. The fourth-order valence-corrected chi connectivity index (χ4v) is 6.09. The molecule has 3 unspecified atom stereocenters. The van der Waals surface area contributed by atoms with Gasteiger partial charge >= 0.3 is 13.7 Å². The molecule has 1 aromatic carbocycles. The van der Waals surface area contributed by atoms with E-state index in [0.717, 1.165) is 0 Å². The lowest BCUT2D eigenvalue weighted by molar-refractivity contribution is -0.145. The first-order valence-corrected chi connectivity index (χ1v) is 16.3. The van der Waals surface area contributed by atoms with Gasteiger partial charge < -0.3 is 34.3 Å². The Bertz CT molecular complexity index is 1540. The van der Waals surface area contributed by atoms with Crippen LogP contribution in [0.2, 0.25) is 0 Å². The van der Waals surface area contributed by atoms with Crippen LogP contribution in [-0.2, 0) is 23.4 Å². The van der Waals surface area contributed by atoms with Crippen LogP contribution in [0.3, 0.4) is 0 Å². The summed E-state index contributed by atoms with van der Waals surface area (Å²) >= 11 is 0. The van der Waals surface area contributed by atoms with E-state index in [1.54, 1.807) is 49.5 Å². The summed E-state index contributed by atoms with van der Waals surface area (Å²) in [7, 11) is -2.64. The fourth-order valence-electron chi connectivity index (χ4n) is 4.59. The van der Waals surface area contributed by atoms with Crippen LogP contribution in [0.4, 0.5) is 5.95 Å². The summed E-state index contributed by atoms with van der Waals surface area (Å²) < 4.78 is 43.9. The van der Waals surface area contributed by atoms with Gasteiger partial charge in [-0.15, -0.1) is 13.2 Å². The molecular formula is C30H41N6O9P. The minimum atomic E-state index is -4.28. The van der Waals surface area contributed by atoms with E-state index in [9.17, 15) is 19.6 Å². The second-order valence-electron chi connectivity index (χ2n) is 10.7. The maximum Gasteiger partial charge on any atom is 0.459 e. The first kappa shape index (κ1) is 35.0.